The average molecular weight is 523 g/mol. The van der Waals surface area contributed by atoms with Crippen LogP contribution in [-0.4, -0.2) is 37.3 Å². The molecule has 0 aliphatic rings. The Hall–Kier alpha value is -3.46. The summed E-state index contributed by atoms with van der Waals surface area (Å²) in [5.74, 6) is 0.352. The minimum atomic E-state index is -0.594. The Morgan fingerprint density at radius 3 is 2.82 bits per heavy atom. The fraction of sp³-hybridized carbons (Fsp3) is 0.280. The Balaban J connectivity index is 1.79. The van der Waals surface area contributed by atoms with Crippen molar-refractivity contribution in [3.8, 4) is 11.1 Å². The van der Waals surface area contributed by atoms with E-state index >= 15 is 0 Å². The number of hydrogen-bond acceptors (Lipinski definition) is 6. The minimum absolute atomic E-state index is 0.263. The lowest BCUT2D eigenvalue weighted by Gasteiger charge is -2.23. The minimum Gasteiger partial charge on any atom is -0.444 e. The number of nitrogens with one attached hydrogen (secondary N) is 1. The van der Waals surface area contributed by atoms with Gasteiger partial charge in [-0.15, -0.1) is 6.58 Å². The van der Waals surface area contributed by atoms with Crippen LogP contribution in [-0.2, 0) is 11.2 Å². The number of ether oxygens (including phenoxy) is 1. The molecule has 176 valence electrons. The molecule has 8 nitrogen and oxygen atoms in total. The Labute approximate surface area is 206 Å². The number of anilines is 1. The summed E-state index contributed by atoms with van der Waals surface area (Å²) in [6, 6.07) is 9.73. The van der Waals surface area contributed by atoms with Gasteiger partial charge < -0.3 is 15.8 Å². The highest BCUT2D eigenvalue weighted by molar-refractivity contribution is 9.10. The van der Waals surface area contributed by atoms with Crippen molar-refractivity contribution >= 4 is 44.3 Å². The lowest BCUT2D eigenvalue weighted by atomic mass is 10.0. The predicted molar refractivity (Wildman–Crippen MR) is 138 cm³/mol. The van der Waals surface area contributed by atoms with Crippen molar-refractivity contribution in [2.75, 3.05) is 5.73 Å². The third-order valence-electron chi connectivity index (χ3n) is 5.27. The zero-order valence-electron chi connectivity index (χ0n) is 19.4. The van der Waals surface area contributed by atoms with E-state index in [2.05, 4.69) is 49.0 Å². The Morgan fingerprint density at radius 2 is 2.09 bits per heavy atom. The fourth-order valence-electron chi connectivity index (χ4n) is 3.90. The molecular formula is C25H27BrN6O2. The van der Waals surface area contributed by atoms with Crippen LogP contribution in [0.3, 0.4) is 0 Å². The van der Waals surface area contributed by atoms with Crippen molar-refractivity contribution < 1.29 is 9.53 Å². The predicted octanol–water partition coefficient (Wildman–Crippen LogP) is 5.30. The van der Waals surface area contributed by atoms with Crippen molar-refractivity contribution in [3.63, 3.8) is 0 Å². The maximum absolute atomic E-state index is 12.4. The zero-order chi connectivity index (χ0) is 24.5. The maximum atomic E-state index is 12.4. The second-order valence-electron chi connectivity index (χ2n) is 9.03. The van der Waals surface area contributed by atoms with Crippen LogP contribution in [0.2, 0.25) is 0 Å². The van der Waals surface area contributed by atoms with Crippen LogP contribution in [0.1, 0.15) is 32.9 Å². The number of nitrogens with two attached hydrogens (primary N) is 1. The van der Waals surface area contributed by atoms with E-state index in [0.29, 0.717) is 24.2 Å². The number of nitrogens with zero attached hydrogens (tertiary/aromatic N) is 4. The summed E-state index contributed by atoms with van der Waals surface area (Å²) in [5, 5.41) is 8.43. The number of para-hydroxylation sites is 1. The van der Waals surface area contributed by atoms with Crippen molar-refractivity contribution in [1.29, 1.82) is 0 Å². The topological polar surface area (TPSA) is 107 Å². The van der Waals surface area contributed by atoms with E-state index < -0.39 is 11.7 Å². The first-order valence-corrected chi connectivity index (χ1v) is 11.7. The molecule has 1 atom stereocenters. The van der Waals surface area contributed by atoms with Gasteiger partial charge in [-0.3, -0.25) is 4.98 Å². The highest BCUT2D eigenvalue weighted by atomic mass is 79.9. The first kappa shape index (κ1) is 23.7. The van der Waals surface area contributed by atoms with Gasteiger partial charge in [0.25, 0.3) is 0 Å². The number of benzene rings is 1. The largest absolute Gasteiger partial charge is 0.444 e. The summed E-state index contributed by atoms with van der Waals surface area (Å²) in [5.41, 5.74) is 9.87. The van der Waals surface area contributed by atoms with Gasteiger partial charge in [0.2, 0.25) is 0 Å². The normalized spacial score (nSPS) is 12.6. The third-order valence-corrected chi connectivity index (χ3v) is 6.13. The fourth-order valence-corrected chi connectivity index (χ4v) is 4.64. The molecule has 4 rings (SSSR count). The van der Waals surface area contributed by atoms with Gasteiger partial charge in [0.15, 0.2) is 5.82 Å². The summed E-state index contributed by atoms with van der Waals surface area (Å²) < 4.78 is 8.03. The number of hydrogen-bond donors (Lipinski definition) is 2. The second-order valence-corrected chi connectivity index (χ2v) is 9.82. The molecule has 3 heterocycles. The van der Waals surface area contributed by atoms with Gasteiger partial charge in [0.1, 0.15) is 17.4 Å². The molecule has 0 unspecified atom stereocenters. The van der Waals surface area contributed by atoms with Gasteiger partial charge in [0.05, 0.1) is 11.2 Å². The van der Waals surface area contributed by atoms with Gasteiger partial charge in [-0.25, -0.2) is 14.3 Å². The summed E-state index contributed by atoms with van der Waals surface area (Å²) in [4.78, 5) is 21.3. The number of carbonyl (C=O) groups excluding carboxylic acids is 1. The smallest absolute Gasteiger partial charge is 0.407 e. The average Bonchev–Trinajstić information content (AvgIpc) is 3.05. The third kappa shape index (κ3) is 4.89. The van der Waals surface area contributed by atoms with Crippen molar-refractivity contribution in [3.05, 3.63) is 65.7 Å². The first-order chi connectivity index (χ1) is 16.2. The molecule has 0 fully saturated rings. The summed E-state index contributed by atoms with van der Waals surface area (Å²) in [6.45, 7) is 9.33. The number of amides is 1. The molecule has 0 spiro atoms. The maximum Gasteiger partial charge on any atom is 0.407 e. The number of rotatable bonds is 6. The highest BCUT2D eigenvalue weighted by Crippen LogP contribution is 2.39. The van der Waals surface area contributed by atoms with Crippen molar-refractivity contribution in [2.45, 2.75) is 45.3 Å². The van der Waals surface area contributed by atoms with Gasteiger partial charge >= 0.3 is 6.09 Å². The van der Waals surface area contributed by atoms with E-state index in [1.165, 1.54) is 6.33 Å². The van der Waals surface area contributed by atoms with Crippen LogP contribution in [0.25, 0.3) is 27.5 Å². The van der Waals surface area contributed by atoms with Crippen LogP contribution in [0.15, 0.2) is 60.0 Å². The van der Waals surface area contributed by atoms with Crippen LogP contribution >= 0.6 is 15.9 Å². The summed E-state index contributed by atoms with van der Waals surface area (Å²) in [7, 11) is 0. The molecule has 0 aliphatic heterocycles. The molecule has 1 aromatic carbocycles. The number of halogens is 1. The number of aromatic nitrogens is 4. The molecule has 0 radical (unpaired) electrons. The van der Waals surface area contributed by atoms with Crippen molar-refractivity contribution in [1.82, 2.24) is 24.9 Å². The van der Waals surface area contributed by atoms with Crippen LogP contribution in [0.5, 0.6) is 0 Å². The molecular weight excluding hydrogens is 496 g/mol. The van der Waals surface area contributed by atoms with E-state index in [4.69, 9.17) is 10.5 Å². The molecule has 3 aromatic heterocycles. The zero-order valence-corrected chi connectivity index (χ0v) is 21.0. The Kier molecular flexibility index (Phi) is 6.56. The van der Waals surface area contributed by atoms with Gasteiger partial charge in [0, 0.05) is 39.6 Å². The number of pyridine rings is 1. The van der Waals surface area contributed by atoms with Crippen LogP contribution in [0.4, 0.5) is 10.6 Å². The number of nitrogen functional groups attached to an aromatic ring is 1. The van der Waals surface area contributed by atoms with Gasteiger partial charge in [-0.05, 0) is 55.3 Å². The quantitative estimate of drug-likeness (QED) is 0.332. The number of fused-ring (bicyclic) bond motifs is 2. The molecule has 1 amide bonds. The Morgan fingerprint density at radius 1 is 1.32 bits per heavy atom. The van der Waals surface area contributed by atoms with E-state index in [9.17, 15) is 4.79 Å². The standard InChI is InChI=1S/C25H27BrN6O2/c1-5-8-17(31-24(33)34-25(2,3)4)12-19-21(26)20(22-23(27)29-14-30-32(19)22)16-11-15-9-6-7-10-18(15)28-13-16/h5-7,9-11,13-14,17H,1,8,12H2,2-4H3,(H,31,33)(H2,27,29,30)/t17-/m0/s1. The molecule has 34 heavy (non-hydrogen) atoms. The van der Waals surface area contributed by atoms with Crippen molar-refractivity contribution in [2.24, 2.45) is 0 Å². The molecule has 0 aliphatic carbocycles. The molecule has 0 saturated heterocycles. The molecule has 0 bridgehead atoms. The van der Waals surface area contributed by atoms with Crippen LogP contribution < -0.4 is 11.1 Å². The van der Waals surface area contributed by atoms with Gasteiger partial charge in [-0.1, -0.05) is 24.3 Å². The van der Waals surface area contributed by atoms with E-state index in [-0.39, 0.29) is 6.04 Å². The highest BCUT2D eigenvalue weighted by Gasteiger charge is 2.25. The summed E-state index contributed by atoms with van der Waals surface area (Å²) in [6.07, 6.45) is 5.54. The molecule has 0 saturated carbocycles. The second kappa shape index (κ2) is 9.42. The number of alkyl carbamates (subject to hydrolysis) is 1. The molecule has 3 N–H and O–H groups in total. The van der Waals surface area contributed by atoms with E-state index in [1.54, 1.807) is 10.6 Å². The monoisotopic (exact) mass is 522 g/mol. The van der Waals surface area contributed by atoms with Gasteiger partial charge in [-0.2, -0.15) is 5.10 Å². The van der Waals surface area contributed by atoms with E-state index in [1.807, 2.05) is 51.2 Å². The van der Waals surface area contributed by atoms with Crippen LogP contribution in [0, 0.1) is 0 Å². The molecule has 4 aromatic rings. The Bertz CT molecular complexity index is 1380. The SMILES string of the molecule is C=CC[C@@H](Cc1c(Br)c(-c2cnc3ccccc3c2)c2c(N)ncnn12)NC(=O)OC(C)(C)C. The summed E-state index contributed by atoms with van der Waals surface area (Å²) >= 11 is 3.78. The lowest BCUT2D eigenvalue weighted by Crippen LogP contribution is -2.40. The van der Waals surface area contributed by atoms with E-state index in [0.717, 1.165) is 32.2 Å². The lowest BCUT2D eigenvalue weighted by molar-refractivity contribution is 0.0504. The first-order valence-electron chi connectivity index (χ1n) is 10.9. The number of carbonyl (C=O) groups is 1. The molecule has 9 heteroatoms.